The number of hydrogen-bond acceptors (Lipinski definition) is 4. The predicted molar refractivity (Wildman–Crippen MR) is 80.9 cm³/mol. The molecule has 1 aromatic rings. The molecule has 98 valence electrons. The average molecular weight is 263 g/mol. The van der Waals surface area contributed by atoms with Gasteiger partial charge in [0.1, 0.15) is 0 Å². The molecular weight excluding hydrogens is 242 g/mol. The highest BCUT2D eigenvalue weighted by molar-refractivity contribution is 8.00. The van der Waals surface area contributed by atoms with E-state index >= 15 is 0 Å². The van der Waals surface area contributed by atoms with Crippen molar-refractivity contribution in [1.29, 1.82) is 5.26 Å². The van der Waals surface area contributed by atoms with Crippen LogP contribution in [-0.2, 0) is 0 Å². The van der Waals surface area contributed by atoms with Crippen LogP contribution in [0.25, 0.3) is 0 Å². The SMILES string of the molecule is CCC(CC)(CNc1cc(C#N)ccc1N)SC. The Morgan fingerprint density at radius 3 is 2.56 bits per heavy atom. The van der Waals surface area contributed by atoms with Gasteiger partial charge in [-0.05, 0) is 37.3 Å². The smallest absolute Gasteiger partial charge is 0.0992 e. The van der Waals surface area contributed by atoms with Crippen LogP contribution < -0.4 is 11.1 Å². The summed E-state index contributed by atoms with van der Waals surface area (Å²) in [5.41, 5.74) is 8.10. The molecule has 0 radical (unpaired) electrons. The van der Waals surface area contributed by atoms with Gasteiger partial charge in [0.15, 0.2) is 0 Å². The molecule has 0 saturated heterocycles. The molecule has 1 rings (SSSR count). The van der Waals surface area contributed by atoms with E-state index in [1.54, 1.807) is 12.1 Å². The molecule has 0 aromatic heterocycles. The van der Waals surface area contributed by atoms with Crippen LogP contribution >= 0.6 is 11.8 Å². The number of nitrogens with two attached hydrogens (primary N) is 1. The molecule has 0 atom stereocenters. The summed E-state index contributed by atoms with van der Waals surface area (Å²) in [6.07, 6.45) is 4.36. The maximum atomic E-state index is 8.90. The van der Waals surface area contributed by atoms with Crippen molar-refractivity contribution in [3.8, 4) is 6.07 Å². The molecular formula is C14H21N3S. The summed E-state index contributed by atoms with van der Waals surface area (Å²) >= 11 is 1.88. The Kier molecular flexibility index (Phi) is 5.36. The first-order chi connectivity index (χ1) is 8.60. The second kappa shape index (κ2) is 6.55. The van der Waals surface area contributed by atoms with Gasteiger partial charge in [-0.2, -0.15) is 17.0 Å². The lowest BCUT2D eigenvalue weighted by Crippen LogP contribution is -2.32. The monoisotopic (exact) mass is 263 g/mol. The number of nitriles is 1. The third-order valence-electron chi connectivity index (χ3n) is 3.51. The Morgan fingerprint density at radius 2 is 2.06 bits per heavy atom. The molecule has 0 aliphatic rings. The average Bonchev–Trinajstić information content (AvgIpc) is 2.42. The molecule has 3 nitrogen and oxygen atoms in total. The van der Waals surface area contributed by atoms with Crippen LogP contribution in [0.5, 0.6) is 0 Å². The highest BCUT2D eigenvalue weighted by atomic mass is 32.2. The van der Waals surface area contributed by atoms with Gasteiger partial charge in [-0.15, -0.1) is 0 Å². The van der Waals surface area contributed by atoms with E-state index in [0.29, 0.717) is 11.3 Å². The summed E-state index contributed by atoms with van der Waals surface area (Å²) in [5.74, 6) is 0. The summed E-state index contributed by atoms with van der Waals surface area (Å²) in [4.78, 5) is 0. The largest absolute Gasteiger partial charge is 0.397 e. The molecule has 0 spiro atoms. The highest BCUT2D eigenvalue weighted by Gasteiger charge is 2.24. The number of anilines is 2. The van der Waals surface area contributed by atoms with Crippen molar-refractivity contribution in [2.45, 2.75) is 31.4 Å². The fraction of sp³-hybridized carbons (Fsp3) is 0.500. The molecule has 1 aromatic carbocycles. The van der Waals surface area contributed by atoms with Crippen LogP contribution in [0.1, 0.15) is 32.3 Å². The molecule has 0 fully saturated rings. The van der Waals surface area contributed by atoms with Gasteiger partial charge < -0.3 is 11.1 Å². The number of nitrogens with zero attached hydrogens (tertiary/aromatic N) is 1. The molecule has 0 aliphatic heterocycles. The van der Waals surface area contributed by atoms with Crippen molar-refractivity contribution < 1.29 is 0 Å². The summed E-state index contributed by atoms with van der Waals surface area (Å²) in [6, 6.07) is 7.46. The van der Waals surface area contributed by atoms with Crippen LogP contribution in [0, 0.1) is 11.3 Å². The molecule has 3 N–H and O–H groups in total. The Balaban J connectivity index is 2.82. The van der Waals surface area contributed by atoms with E-state index in [1.165, 1.54) is 0 Å². The maximum Gasteiger partial charge on any atom is 0.0992 e. The number of rotatable bonds is 6. The topological polar surface area (TPSA) is 61.8 Å². The molecule has 0 saturated carbocycles. The molecule has 0 unspecified atom stereocenters. The van der Waals surface area contributed by atoms with Crippen molar-refractivity contribution in [3.63, 3.8) is 0 Å². The molecule has 18 heavy (non-hydrogen) atoms. The van der Waals surface area contributed by atoms with Crippen molar-refractivity contribution in [3.05, 3.63) is 23.8 Å². The van der Waals surface area contributed by atoms with E-state index in [4.69, 9.17) is 11.0 Å². The molecule has 4 heteroatoms. The molecule has 0 heterocycles. The Hall–Kier alpha value is -1.34. The van der Waals surface area contributed by atoms with Gasteiger partial charge in [-0.3, -0.25) is 0 Å². The van der Waals surface area contributed by atoms with E-state index in [1.807, 2.05) is 17.8 Å². The fourth-order valence-corrected chi connectivity index (χ4v) is 2.69. The molecule has 0 amide bonds. The first kappa shape index (κ1) is 14.7. The zero-order chi connectivity index (χ0) is 13.6. The Labute approximate surface area is 114 Å². The number of hydrogen-bond donors (Lipinski definition) is 2. The number of nitrogen functional groups attached to an aromatic ring is 1. The lowest BCUT2D eigenvalue weighted by atomic mass is 10.0. The first-order valence-electron chi connectivity index (χ1n) is 6.19. The van der Waals surface area contributed by atoms with Gasteiger partial charge in [-0.1, -0.05) is 13.8 Å². The summed E-state index contributed by atoms with van der Waals surface area (Å²) in [7, 11) is 0. The van der Waals surface area contributed by atoms with Crippen LogP contribution in [0.2, 0.25) is 0 Å². The summed E-state index contributed by atoms with van der Waals surface area (Å²) in [6.45, 7) is 5.27. The third kappa shape index (κ3) is 3.33. The Morgan fingerprint density at radius 1 is 1.39 bits per heavy atom. The van der Waals surface area contributed by atoms with Crippen molar-refractivity contribution >= 4 is 23.1 Å². The van der Waals surface area contributed by atoms with Crippen LogP contribution in [0.4, 0.5) is 11.4 Å². The zero-order valence-corrected chi connectivity index (χ0v) is 12.1. The standard InChI is InChI=1S/C14H21N3S/c1-4-14(5-2,18-3)10-17-13-8-11(9-15)6-7-12(13)16/h6-8,17H,4-5,10,16H2,1-3H3. The second-order valence-electron chi connectivity index (χ2n) is 4.36. The van der Waals surface area contributed by atoms with Gasteiger partial charge in [0.25, 0.3) is 0 Å². The van der Waals surface area contributed by atoms with E-state index in [0.717, 1.165) is 25.1 Å². The lowest BCUT2D eigenvalue weighted by Gasteiger charge is -2.30. The third-order valence-corrected chi connectivity index (χ3v) is 5.09. The molecule has 0 aliphatic carbocycles. The van der Waals surface area contributed by atoms with E-state index in [-0.39, 0.29) is 4.75 Å². The van der Waals surface area contributed by atoms with E-state index in [2.05, 4.69) is 31.5 Å². The van der Waals surface area contributed by atoms with Gasteiger partial charge in [0, 0.05) is 11.3 Å². The van der Waals surface area contributed by atoms with Gasteiger partial charge >= 0.3 is 0 Å². The van der Waals surface area contributed by atoms with Crippen molar-refractivity contribution in [1.82, 2.24) is 0 Å². The van der Waals surface area contributed by atoms with E-state index < -0.39 is 0 Å². The Bertz CT molecular complexity index is 425. The number of thioether (sulfide) groups is 1. The van der Waals surface area contributed by atoms with Crippen LogP contribution in [-0.4, -0.2) is 17.5 Å². The molecule has 0 bridgehead atoms. The van der Waals surface area contributed by atoms with Crippen molar-refractivity contribution in [2.75, 3.05) is 23.9 Å². The highest BCUT2D eigenvalue weighted by Crippen LogP contribution is 2.31. The van der Waals surface area contributed by atoms with Gasteiger partial charge in [-0.25, -0.2) is 0 Å². The maximum absolute atomic E-state index is 8.90. The van der Waals surface area contributed by atoms with Gasteiger partial charge in [0.2, 0.25) is 0 Å². The number of nitrogens with one attached hydrogen (secondary N) is 1. The predicted octanol–water partition coefficient (Wildman–Crippen LogP) is 3.47. The van der Waals surface area contributed by atoms with Gasteiger partial charge in [0.05, 0.1) is 23.0 Å². The minimum Gasteiger partial charge on any atom is -0.397 e. The first-order valence-corrected chi connectivity index (χ1v) is 7.42. The van der Waals surface area contributed by atoms with E-state index in [9.17, 15) is 0 Å². The quantitative estimate of drug-likeness (QED) is 0.771. The fourth-order valence-electron chi connectivity index (χ4n) is 1.90. The summed E-state index contributed by atoms with van der Waals surface area (Å²) < 4.78 is 0.231. The minimum atomic E-state index is 0.231. The summed E-state index contributed by atoms with van der Waals surface area (Å²) in [5, 5.41) is 12.3. The minimum absolute atomic E-state index is 0.231. The second-order valence-corrected chi connectivity index (χ2v) is 5.64. The van der Waals surface area contributed by atoms with Crippen LogP contribution in [0.15, 0.2) is 18.2 Å². The lowest BCUT2D eigenvalue weighted by molar-refractivity contribution is 0.575. The number of benzene rings is 1. The van der Waals surface area contributed by atoms with Crippen LogP contribution in [0.3, 0.4) is 0 Å². The van der Waals surface area contributed by atoms with Crippen molar-refractivity contribution in [2.24, 2.45) is 0 Å². The normalized spacial score (nSPS) is 11.0. The zero-order valence-electron chi connectivity index (χ0n) is 11.3.